The zero-order valence-electron chi connectivity index (χ0n) is 13.7. The van der Waals surface area contributed by atoms with E-state index in [0.29, 0.717) is 5.92 Å². The van der Waals surface area contributed by atoms with E-state index in [-0.39, 0.29) is 6.10 Å². The summed E-state index contributed by atoms with van der Waals surface area (Å²) in [7, 11) is 1.74. The molecule has 1 aliphatic rings. The van der Waals surface area contributed by atoms with Crippen LogP contribution >= 0.6 is 0 Å². The summed E-state index contributed by atoms with van der Waals surface area (Å²) in [5.41, 5.74) is 2.66. The summed E-state index contributed by atoms with van der Waals surface area (Å²) >= 11 is 0. The quantitative estimate of drug-likeness (QED) is 0.559. The van der Waals surface area contributed by atoms with E-state index in [1.54, 1.807) is 7.11 Å². The van der Waals surface area contributed by atoms with E-state index in [9.17, 15) is 0 Å². The fourth-order valence-corrected chi connectivity index (χ4v) is 3.18. The molecule has 122 valence electrons. The largest absolute Gasteiger partial charge is 0.385 e. The summed E-state index contributed by atoms with van der Waals surface area (Å²) in [5, 5.41) is 3.51. The fraction of sp³-hybridized carbons (Fsp3) is 0.579. The fourth-order valence-electron chi connectivity index (χ4n) is 3.18. The molecule has 1 aromatic rings. The van der Waals surface area contributed by atoms with Gasteiger partial charge in [0.1, 0.15) is 0 Å². The van der Waals surface area contributed by atoms with Crippen LogP contribution in [0.1, 0.15) is 36.5 Å². The van der Waals surface area contributed by atoms with Gasteiger partial charge in [-0.2, -0.15) is 0 Å². The zero-order chi connectivity index (χ0) is 15.6. The summed E-state index contributed by atoms with van der Waals surface area (Å²) in [6, 6.07) is 8.63. The summed E-state index contributed by atoms with van der Waals surface area (Å²) < 4.78 is 11.4. The SMILES string of the molecule is C=CCc1ccccc1[C@H](OCCCOC)C1CCCNC1. The topological polar surface area (TPSA) is 30.5 Å². The van der Waals surface area contributed by atoms with E-state index in [1.807, 2.05) is 6.08 Å². The van der Waals surface area contributed by atoms with E-state index in [1.165, 1.54) is 24.0 Å². The van der Waals surface area contributed by atoms with E-state index in [4.69, 9.17) is 9.47 Å². The number of ether oxygens (including phenoxy) is 2. The Hall–Kier alpha value is -1.16. The van der Waals surface area contributed by atoms with Crippen LogP contribution in [-0.4, -0.2) is 33.4 Å². The second-order valence-electron chi connectivity index (χ2n) is 5.94. The van der Waals surface area contributed by atoms with Gasteiger partial charge in [0.05, 0.1) is 6.10 Å². The Morgan fingerprint density at radius 1 is 1.36 bits per heavy atom. The molecule has 1 saturated heterocycles. The molecule has 0 bridgehead atoms. The predicted octanol–water partition coefficient (Wildman–Crippen LogP) is 3.51. The van der Waals surface area contributed by atoms with E-state index < -0.39 is 0 Å². The van der Waals surface area contributed by atoms with Crippen molar-refractivity contribution in [2.24, 2.45) is 5.92 Å². The minimum absolute atomic E-state index is 0.167. The van der Waals surface area contributed by atoms with Crippen LogP contribution in [-0.2, 0) is 15.9 Å². The summed E-state index contributed by atoms with van der Waals surface area (Å²) in [5.74, 6) is 0.544. The number of hydrogen-bond donors (Lipinski definition) is 1. The number of hydrogen-bond acceptors (Lipinski definition) is 3. The molecule has 0 spiro atoms. The molecular weight excluding hydrogens is 274 g/mol. The number of allylic oxidation sites excluding steroid dienone is 1. The van der Waals surface area contributed by atoms with Crippen LogP contribution in [0, 0.1) is 5.92 Å². The van der Waals surface area contributed by atoms with Crippen LogP contribution in [0.3, 0.4) is 0 Å². The van der Waals surface area contributed by atoms with Gasteiger partial charge in [0, 0.05) is 32.8 Å². The average molecular weight is 303 g/mol. The molecule has 2 rings (SSSR count). The summed E-state index contributed by atoms with van der Waals surface area (Å²) in [4.78, 5) is 0. The molecule has 0 aromatic heterocycles. The van der Waals surface area contributed by atoms with Gasteiger partial charge in [0.2, 0.25) is 0 Å². The normalized spacial score (nSPS) is 19.8. The molecule has 1 heterocycles. The van der Waals surface area contributed by atoms with Gasteiger partial charge < -0.3 is 14.8 Å². The highest BCUT2D eigenvalue weighted by atomic mass is 16.5. The van der Waals surface area contributed by atoms with Crippen LogP contribution < -0.4 is 5.32 Å². The van der Waals surface area contributed by atoms with Gasteiger partial charge in [-0.05, 0) is 43.4 Å². The number of piperidine rings is 1. The van der Waals surface area contributed by atoms with Crippen molar-refractivity contribution in [1.29, 1.82) is 0 Å². The van der Waals surface area contributed by atoms with Crippen molar-refractivity contribution in [2.75, 3.05) is 33.4 Å². The van der Waals surface area contributed by atoms with Gasteiger partial charge in [0.25, 0.3) is 0 Å². The van der Waals surface area contributed by atoms with E-state index in [0.717, 1.165) is 39.1 Å². The van der Waals surface area contributed by atoms with Gasteiger partial charge in [-0.3, -0.25) is 0 Å². The molecule has 3 heteroatoms. The number of methoxy groups -OCH3 is 1. The first-order valence-corrected chi connectivity index (χ1v) is 8.36. The third kappa shape index (κ3) is 4.94. The molecule has 3 nitrogen and oxygen atoms in total. The lowest BCUT2D eigenvalue weighted by Gasteiger charge is -2.32. The second kappa shape index (κ2) is 9.78. The Balaban J connectivity index is 2.13. The molecule has 0 radical (unpaired) electrons. The van der Waals surface area contributed by atoms with Crippen molar-refractivity contribution in [2.45, 2.75) is 31.8 Å². The number of rotatable bonds is 9. The summed E-state index contributed by atoms with van der Waals surface area (Å²) in [6.45, 7) is 7.55. The second-order valence-corrected chi connectivity index (χ2v) is 5.94. The van der Waals surface area contributed by atoms with E-state index >= 15 is 0 Å². The van der Waals surface area contributed by atoms with Crippen molar-refractivity contribution < 1.29 is 9.47 Å². The number of nitrogens with one attached hydrogen (secondary N) is 1. The van der Waals surface area contributed by atoms with Crippen LogP contribution in [0.4, 0.5) is 0 Å². The van der Waals surface area contributed by atoms with E-state index in [2.05, 4.69) is 36.2 Å². The standard InChI is InChI=1S/C19H29NO2/c1-3-8-16-9-4-5-11-18(16)19(22-14-7-13-21-2)17-10-6-12-20-15-17/h3-5,9,11,17,19-20H,1,6-8,10,12-15H2,2H3/t17?,19-/m1/s1. The third-order valence-electron chi connectivity index (χ3n) is 4.28. The molecule has 2 atom stereocenters. The minimum Gasteiger partial charge on any atom is -0.385 e. The maximum atomic E-state index is 6.30. The molecule has 1 aromatic carbocycles. The Kier molecular flexibility index (Phi) is 7.64. The first-order chi connectivity index (χ1) is 10.9. The maximum Gasteiger partial charge on any atom is 0.0867 e. The van der Waals surface area contributed by atoms with Crippen LogP contribution in [0.2, 0.25) is 0 Å². The van der Waals surface area contributed by atoms with Crippen molar-refractivity contribution >= 4 is 0 Å². The minimum atomic E-state index is 0.167. The smallest absolute Gasteiger partial charge is 0.0867 e. The molecule has 0 saturated carbocycles. The van der Waals surface area contributed by atoms with Gasteiger partial charge in [-0.15, -0.1) is 6.58 Å². The first kappa shape index (κ1) is 17.2. The molecule has 1 aliphatic heterocycles. The van der Waals surface area contributed by atoms with Crippen LogP contribution in [0.25, 0.3) is 0 Å². The molecule has 1 unspecified atom stereocenters. The predicted molar refractivity (Wildman–Crippen MR) is 91.1 cm³/mol. The Labute approximate surface area is 134 Å². The zero-order valence-corrected chi connectivity index (χ0v) is 13.7. The van der Waals surface area contributed by atoms with Crippen LogP contribution in [0.5, 0.6) is 0 Å². The van der Waals surface area contributed by atoms with Gasteiger partial charge in [-0.1, -0.05) is 30.3 Å². The molecule has 1 N–H and O–H groups in total. The first-order valence-electron chi connectivity index (χ1n) is 8.36. The van der Waals surface area contributed by atoms with Crippen LogP contribution in [0.15, 0.2) is 36.9 Å². The molecule has 22 heavy (non-hydrogen) atoms. The highest BCUT2D eigenvalue weighted by Gasteiger charge is 2.27. The highest BCUT2D eigenvalue weighted by molar-refractivity contribution is 5.31. The number of benzene rings is 1. The lowest BCUT2D eigenvalue weighted by molar-refractivity contribution is -0.00544. The third-order valence-corrected chi connectivity index (χ3v) is 4.28. The van der Waals surface area contributed by atoms with Gasteiger partial charge in [-0.25, -0.2) is 0 Å². The molecular formula is C19H29NO2. The lowest BCUT2D eigenvalue weighted by Crippen LogP contribution is -2.34. The van der Waals surface area contributed by atoms with Crippen molar-refractivity contribution in [3.8, 4) is 0 Å². The van der Waals surface area contributed by atoms with Crippen molar-refractivity contribution in [3.63, 3.8) is 0 Å². The highest BCUT2D eigenvalue weighted by Crippen LogP contribution is 2.33. The van der Waals surface area contributed by atoms with Gasteiger partial charge in [0.15, 0.2) is 0 Å². The Morgan fingerprint density at radius 3 is 2.95 bits per heavy atom. The Bertz CT molecular complexity index is 441. The lowest BCUT2D eigenvalue weighted by atomic mass is 9.86. The van der Waals surface area contributed by atoms with Crippen molar-refractivity contribution in [3.05, 3.63) is 48.0 Å². The Morgan fingerprint density at radius 2 is 2.23 bits per heavy atom. The van der Waals surface area contributed by atoms with Gasteiger partial charge >= 0.3 is 0 Å². The molecule has 1 fully saturated rings. The average Bonchev–Trinajstić information content (AvgIpc) is 2.57. The molecule has 0 aliphatic carbocycles. The summed E-state index contributed by atoms with van der Waals surface area (Å²) in [6.07, 6.45) is 6.43. The monoisotopic (exact) mass is 303 g/mol. The molecule has 0 amide bonds. The maximum absolute atomic E-state index is 6.30. The van der Waals surface area contributed by atoms with Crippen molar-refractivity contribution in [1.82, 2.24) is 5.32 Å².